The summed E-state index contributed by atoms with van der Waals surface area (Å²) in [5.41, 5.74) is 0.665. The SMILES string of the molecule is O=C(CCn1c(-c2cccs2)n[nH]c1=S)NCC1CCN(c2ccc(F)c(F)c2)C1. The molecule has 1 aliphatic rings. The quantitative estimate of drug-likeness (QED) is 0.536. The number of carbonyl (C=O) groups excluding carboxylic acids is 1. The highest BCUT2D eigenvalue weighted by Crippen LogP contribution is 2.25. The molecule has 4 rings (SSSR count). The van der Waals surface area contributed by atoms with Crippen LogP contribution in [0, 0.1) is 22.3 Å². The maximum absolute atomic E-state index is 13.5. The third-order valence-corrected chi connectivity index (χ3v) is 6.38. The first kappa shape index (κ1) is 20.7. The molecule has 0 spiro atoms. The molecule has 1 fully saturated rings. The Morgan fingerprint density at radius 3 is 2.97 bits per heavy atom. The second-order valence-electron chi connectivity index (χ2n) is 7.23. The van der Waals surface area contributed by atoms with Gasteiger partial charge in [-0.3, -0.25) is 14.5 Å². The van der Waals surface area contributed by atoms with E-state index in [4.69, 9.17) is 12.2 Å². The van der Waals surface area contributed by atoms with E-state index in [1.54, 1.807) is 17.4 Å². The number of amides is 1. The van der Waals surface area contributed by atoms with Gasteiger partial charge in [-0.2, -0.15) is 5.10 Å². The van der Waals surface area contributed by atoms with E-state index in [2.05, 4.69) is 15.5 Å². The number of nitrogens with zero attached hydrogens (tertiary/aromatic N) is 3. The summed E-state index contributed by atoms with van der Waals surface area (Å²) < 4.78 is 28.9. The van der Waals surface area contributed by atoms with E-state index in [1.165, 1.54) is 6.07 Å². The van der Waals surface area contributed by atoms with E-state index >= 15 is 0 Å². The predicted octanol–water partition coefficient (Wildman–Crippen LogP) is 3.98. The number of nitrogens with one attached hydrogen (secondary N) is 2. The molecule has 0 radical (unpaired) electrons. The van der Waals surface area contributed by atoms with E-state index in [9.17, 15) is 13.6 Å². The molecular weight excluding hydrogens is 428 g/mol. The van der Waals surface area contributed by atoms with E-state index in [-0.39, 0.29) is 11.8 Å². The van der Waals surface area contributed by atoms with Crippen LogP contribution in [-0.2, 0) is 11.3 Å². The predicted molar refractivity (Wildman–Crippen MR) is 115 cm³/mol. The van der Waals surface area contributed by atoms with Gasteiger partial charge in [0.15, 0.2) is 22.2 Å². The maximum atomic E-state index is 13.5. The summed E-state index contributed by atoms with van der Waals surface area (Å²) in [7, 11) is 0. The molecule has 0 aliphatic carbocycles. The summed E-state index contributed by atoms with van der Waals surface area (Å²) in [4.78, 5) is 15.3. The maximum Gasteiger partial charge on any atom is 0.221 e. The zero-order chi connectivity index (χ0) is 21.1. The van der Waals surface area contributed by atoms with Gasteiger partial charge in [-0.25, -0.2) is 8.78 Å². The van der Waals surface area contributed by atoms with E-state index in [0.717, 1.165) is 29.7 Å². The van der Waals surface area contributed by atoms with Gasteiger partial charge in [0.1, 0.15) is 0 Å². The summed E-state index contributed by atoms with van der Waals surface area (Å²) in [5.74, 6) is -0.743. The van der Waals surface area contributed by atoms with Crippen molar-refractivity contribution in [3.8, 4) is 10.7 Å². The van der Waals surface area contributed by atoms with Crippen LogP contribution >= 0.6 is 23.6 Å². The van der Waals surface area contributed by atoms with Crippen molar-refractivity contribution in [2.24, 2.45) is 5.92 Å². The van der Waals surface area contributed by atoms with Gasteiger partial charge in [-0.05, 0) is 48.1 Å². The van der Waals surface area contributed by atoms with Crippen molar-refractivity contribution >= 4 is 35.1 Å². The normalized spacial score (nSPS) is 16.2. The Hall–Kier alpha value is -2.59. The minimum absolute atomic E-state index is 0.0542. The highest BCUT2D eigenvalue weighted by Gasteiger charge is 2.24. The lowest BCUT2D eigenvalue weighted by Crippen LogP contribution is -2.31. The van der Waals surface area contributed by atoms with Crippen LogP contribution in [0.3, 0.4) is 0 Å². The fourth-order valence-corrected chi connectivity index (χ4v) is 4.54. The van der Waals surface area contributed by atoms with Crippen LogP contribution in [0.15, 0.2) is 35.7 Å². The Morgan fingerprint density at radius 2 is 2.20 bits per heavy atom. The molecule has 1 amide bonds. The number of carbonyl (C=O) groups is 1. The third kappa shape index (κ3) is 4.59. The number of aromatic amines is 1. The minimum Gasteiger partial charge on any atom is -0.371 e. The molecule has 30 heavy (non-hydrogen) atoms. The standard InChI is InChI=1S/C20H21F2N5OS2/c21-15-4-3-14(10-16(15)22)26-7-5-13(12-26)11-23-18(28)6-8-27-19(24-25-20(27)29)17-2-1-9-30-17/h1-4,9-10,13H,5-8,11-12H2,(H,23,28)(H,25,29). The first-order valence-corrected chi connectivity index (χ1v) is 11.0. The number of hydrogen-bond acceptors (Lipinski definition) is 5. The second-order valence-corrected chi connectivity index (χ2v) is 8.57. The van der Waals surface area contributed by atoms with E-state index < -0.39 is 11.6 Å². The third-order valence-electron chi connectivity index (χ3n) is 5.20. The van der Waals surface area contributed by atoms with Crippen LogP contribution in [0.2, 0.25) is 0 Å². The minimum atomic E-state index is -0.846. The second kappa shape index (κ2) is 9.05. The van der Waals surface area contributed by atoms with Crippen LogP contribution in [0.4, 0.5) is 14.5 Å². The topological polar surface area (TPSA) is 66.0 Å². The Balaban J connectivity index is 1.27. The van der Waals surface area contributed by atoms with Crippen molar-refractivity contribution < 1.29 is 13.6 Å². The van der Waals surface area contributed by atoms with Crippen LogP contribution in [0.1, 0.15) is 12.8 Å². The average molecular weight is 450 g/mol. The lowest BCUT2D eigenvalue weighted by atomic mass is 10.1. The van der Waals surface area contributed by atoms with Gasteiger partial charge < -0.3 is 10.2 Å². The molecule has 6 nitrogen and oxygen atoms in total. The van der Waals surface area contributed by atoms with Gasteiger partial charge in [0.2, 0.25) is 5.91 Å². The molecule has 3 heterocycles. The van der Waals surface area contributed by atoms with Crippen molar-refractivity contribution in [2.45, 2.75) is 19.4 Å². The monoisotopic (exact) mass is 449 g/mol. The van der Waals surface area contributed by atoms with Gasteiger partial charge >= 0.3 is 0 Å². The Morgan fingerprint density at radius 1 is 1.33 bits per heavy atom. The highest BCUT2D eigenvalue weighted by molar-refractivity contribution is 7.71. The number of H-pyrrole nitrogens is 1. The fourth-order valence-electron chi connectivity index (χ4n) is 3.59. The number of rotatable bonds is 7. The van der Waals surface area contributed by atoms with Crippen LogP contribution in [0.25, 0.3) is 10.7 Å². The van der Waals surface area contributed by atoms with Crippen molar-refractivity contribution in [3.05, 3.63) is 52.1 Å². The first-order valence-electron chi connectivity index (χ1n) is 9.67. The fraction of sp³-hybridized carbons (Fsp3) is 0.350. The molecule has 1 atom stereocenters. The molecule has 2 N–H and O–H groups in total. The molecule has 1 unspecified atom stereocenters. The first-order chi connectivity index (χ1) is 14.5. The molecule has 1 saturated heterocycles. The number of thiophene rings is 1. The van der Waals surface area contributed by atoms with Crippen LogP contribution < -0.4 is 10.2 Å². The molecule has 0 bridgehead atoms. The molecule has 10 heteroatoms. The largest absolute Gasteiger partial charge is 0.371 e. The Kier molecular flexibility index (Phi) is 6.24. The zero-order valence-corrected chi connectivity index (χ0v) is 17.7. The molecule has 0 saturated carbocycles. The number of anilines is 1. The van der Waals surface area contributed by atoms with Crippen LogP contribution in [0.5, 0.6) is 0 Å². The average Bonchev–Trinajstić information content (AvgIpc) is 3.48. The van der Waals surface area contributed by atoms with E-state index in [0.29, 0.717) is 36.5 Å². The number of benzene rings is 1. The summed E-state index contributed by atoms with van der Waals surface area (Å²) in [6.45, 7) is 2.44. The molecule has 2 aromatic heterocycles. The summed E-state index contributed by atoms with van der Waals surface area (Å²) in [5, 5.41) is 12.0. The summed E-state index contributed by atoms with van der Waals surface area (Å²) in [6, 6.07) is 7.85. The van der Waals surface area contributed by atoms with Crippen LogP contribution in [-0.4, -0.2) is 40.3 Å². The zero-order valence-electron chi connectivity index (χ0n) is 16.1. The Bertz CT molecular complexity index is 1080. The molecule has 1 aromatic carbocycles. The van der Waals surface area contributed by atoms with Gasteiger partial charge in [0.25, 0.3) is 0 Å². The van der Waals surface area contributed by atoms with Gasteiger partial charge in [-0.15, -0.1) is 11.3 Å². The number of aromatic nitrogens is 3. The van der Waals surface area contributed by atoms with E-state index in [1.807, 2.05) is 27.0 Å². The number of hydrogen-bond donors (Lipinski definition) is 2. The number of halogens is 2. The lowest BCUT2D eigenvalue weighted by Gasteiger charge is -2.19. The summed E-state index contributed by atoms with van der Waals surface area (Å²) >= 11 is 6.86. The van der Waals surface area contributed by atoms with Crippen molar-refractivity contribution in [1.82, 2.24) is 20.1 Å². The molecular formula is C20H21F2N5OS2. The van der Waals surface area contributed by atoms with Gasteiger partial charge in [-0.1, -0.05) is 6.07 Å². The highest BCUT2D eigenvalue weighted by atomic mass is 32.1. The molecule has 1 aliphatic heterocycles. The Labute approximate surface area is 181 Å². The lowest BCUT2D eigenvalue weighted by molar-refractivity contribution is -0.121. The van der Waals surface area contributed by atoms with Gasteiger partial charge in [0, 0.05) is 44.4 Å². The molecule has 158 valence electrons. The summed E-state index contributed by atoms with van der Waals surface area (Å²) in [6.07, 6.45) is 1.18. The van der Waals surface area contributed by atoms with Gasteiger partial charge in [0.05, 0.1) is 4.88 Å². The molecule has 3 aromatic rings. The smallest absolute Gasteiger partial charge is 0.221 e. The van der Waals surface area contributed by atoms with Crippen molar-refractivity contribution in [2.75, 3.05) is 24.5 Å². The van der Waals surface area contributed by atoms with Crippen molar-refractivity contribution in [3.63, 3.8) is 0 Å². The van der Waals surface area contributed by atoms with Crippen molar-refractivity contribution in [1.29, 1.82) is 0 Å².